The molecule has 132 valence electrons. The van der Waals surface area contributed by atoms with E-state index in [1.807, 2.05) is 24.3 Å². The number of anilines is 1. The zero-order chi connectivity index (χ0) is 17.4. The highest BCUT2D eigenvalue weighted by Crippen LogP contribution is 2.44. The second-order valence-electron chi connectivity index (χ2n) is 6.20. The van der Waals surface area contributed by atoms with Gasteiger partial charge in [-0.15, -0.1) is 11.3 Å². The molecule has 1 aromatic heterocycles. The lowest BCUT2D eigenvalue weighted by molar-refractivity contribution is 0.0947. The molecule has 3 heterocycles. The molecule has 0 spiro atoms. The first-order valence-electron chi connectivity index (χ1n) is 8.32. The molecule has 0 radical (unpaired) electrons. The highest BCUT2D eigenvalue weighted by atomic mass is 35.5. The molecule has 0 aliphatic carbocycles. The Bertz CT molecular complexity index is 784. The smallest absolute Gasteiger partial charge is 0.261 e. The van der Waals surface area contributed by atoms with Crippen LogP contribution in [0, 0.1) is 0 Å². The molecule has 1 amide bonds. The van der Waals surface area contributed by atoms with Crippen molar-refractivity contribution in [1.29, 1.82) is 0 Å². The fourth-order valence-corrected chi connectivity index (χ4v) is 5.00. The minimum atomic E-state index is -0.0735. The van der Waals surface area contributed by atoms with Crippen LogP contribution in [-0.4, -0.2) is 43.9 Å². The van der Waals surface area contributed by atoms with Crippen LogP contribution in [0.5, 0.6) is 0 Å². The third-order valence-corrected chi connectivity index (χ3v) is 6.34. The van der Waals surface area contributed by atoms with Crippen molar-refractivity contribution in [2.45, 2.75) is 12.5 Å². The molecule has 2 N–H and O–H groups in total. The Kier molecular flexibility index (Phi) is 4.69. The standard InChI is InChI=1S/C18H19ClN2O3S/c19-12-3-1-11(2-4-12)13-9-20-17(23)16-15(13)14(10-22)18(25-16)21-5-7-24-8-6-21/h1-4,13,22H,5-10H2,(H,20,23). The minimum Gasteiger partial charge on any atom is -0.392 e. The first kappa shape index (κ1) is 16.8. The largest absolute Gasteiger partial charge is 0.392 e. The van der Waals surface area contributed by atoms with Crippen LogP contribution in [-0.2, 0) is 11.3 Å². The molecular formula is C18H19ClN2O3S. The van der Waals surface area contributed by atoms with Gasteiger partial charge in [0, 0.05) is 36.1 Å². The molecule has 5 nitrogen and oxygen atoms in total. The summed E-state index contributed by atoms with van der Waals surface area (Å²) in [5.41, 5.74) is 2.92. The van der Waals surface area contributed by atoms with Crippen molar-refractivity contribution < 1.29 is 14.6 Å². The molecule has 1 fully saturated rings. The second kappa shape index (κ2) is 6.96. The number of aliphatic hydroxyl groups excluding tert-OH is 1. The van der Waals surface area contributed by atoms with E-state index in [-0.39, 0.29) is 18.4 Å². The number of nitrogens with one attached hydrogen (secondary N) is 1. The summed E-state index contributed by atoms with van der Waals surface area (Å²) in [4.78, 5) is 15.4. The number of rotatable bonds is 3. The van der Waals surface area contributed by atoms with Gasteiger partial charge in [-0.2, -0.15) is 0 Å². The van der Waals surface area contributed by atoms with E-state index in [1.165, 1.54) is 11.3 Å². The minimum absolute atomic E-state index is 0.0261. The van der Waals surface area contributed by atoms with E-state index in [2.05, 4.69) is 10.2 Å². The summed E-state index contributed by atoms with van der Waals surface area (Å²) in [5, 5.41) is 14.7. The molecule has 7 heteroatoms. The lowest BCUT2D eigenvalue weighted by atomic mass is 9.86. The lowest BCUT2D eigenvalue weighted by Gasteiger charge is -2.29. The number of hydrogen-bond donors (Lipinski definition) is 2. The number of benzene rings is 1. The van der Waals surface area contributed by atoms with Crippen molar-refractivity contribution in [3.63, 3.8) is 0 Å². The Labute approximate surface area is 155 Å². The summed E-state index contributed by atoms with van der Waals surface area (Å²) in [5.74, 6) is -0.0300. The number of halogens is 1. The van der Waals surface area contributed by atoms with E-state index in [1.54, 1.807) is 0 Å². The van der Waals surface area contributed by atoms with E-state index in [0.717, 1.165) is 34.8 Å². The number of hydrogen-bond acceptors (Lipinski definition) is 5. The summed E-state index contributed by atoms with van der Waals surface area (Å²) in [6.45, 7) is 3.34. The van der Waals surface area contributed by atoms with Gasteiger partial charge in [-0.3, -0.25) is 4.79 Å². The van der Waals surface area contributed by atoms with Crippen LogP contribution in [0.2, 0.25) is 5.02 Å². The summed E-state index contributed by atoms with van der Waals surface area (Å²) >= 11 is 7.49. The van der Waals surface area contributed by atoms with Gasteiger partial charge in [-0.25, -0.2) is 0 Å². The number of aliphatic hydroxyl groups is 1. The number of carbonyl (C=O) groups is 1. The zero-order valence-electron chi connectivity index (χ0n) is 13.6. The van der Waals surface area contributed by atoms with Crippen molar-refractivity contribution >= 4 is 33.8 Å². The van der Waals surface area contributed by atoms with Crippen LogP contribution in [0.3, 0.4) is 0 Å². The van der Waals surface area contributed by atoms with E-state index in [4.69, 9.17) is 16.3 Å². The number of fused-ring (bicyclic) bond motifs is 1. The SMILES string of the molecule is O=C1NCC(c2ccc(Cl)cc2)c2c1sc(N1CCOCC1)c2CO. The highest BCUT2D eigenvalue weighted by molar-refractivity contribution is 7.18. The first-order valence-corrected chi connectivity index (χ1v) is 9.51. The maximum atomic E-state index is 12.4. The van der Waals surface area contributed by atoms with E-state index in [0.29, 0.717) is 29.7 Å². The molecule has 2 aliphatic rings. The van der Waals surface area contributed by atoms with Gasteiger partial charge in [0.05, 0.1) is 29.7 Å². The van der Waals surface area contributed by atoms with Gasteiger partial charge in [0.25, 0.3) is 5.91 Å². The van der Waals surface area contributed by atoms with Crippen molar-refractivity contribution in [2.75, 3.05) is 37.7 Å². The topological polar surface area (TPSA) is 61.8 Å². The third-order valence-electron chi connectivity index (χ3n) is 4.78. The van der Waals surface area contributed by atoms with Gasteiger partial charge in [-0.1, -0.05) is 23.7 Å². The molecule has 0 saturated carbocycles. The van der Waals surface area contributed by atoms with Crippen LogP contribution in [0.1, 0.15) is 32.3 Å². The first-order chi connectivity index (χ1) is 12.2. The Morgan fingerprint density at radius 3 is 2.68 bits per heavy atom. The fourth-order valence-electron chi connectivity index (χ4n) is 3.53. The van der Waals surface area contributed by atoms with E-state index in [9.17, 15) is 9.90 Å². The van der Waals surface area contributed by atoms with Gasteiger partial charge in [0.2, 0.25) is 0 Å². The average Bonchev–Trinajstić information content (AvgIpc) is 3.04. The van der Waals surface area contributed by atoms with Crippen LogP contribution in [0.25, 0.3) is 0 Å². The third kappa shape index (κ3) is 3.04. The van der Waals surface area contributed by atoms with Crippen LogP contribution in [0.4, 0.5) is 5.00 Å². The molecule has 1 unspecified atom stereocenters. The lowest BCUT2D eigenvalue weighted by Crippen LogP contribution is -2.36. The Balaban J connectivity index is 1.81. The fraction of sp³-hybridized carbons (Fsp3) is 0.389. The maximum Gasteiger partial charge on any atom is 0.261 e. The van der Waals surface area contributed by atoms with Crippen LogP contribution >= 0.6 is 22.9 Å². The predicted octanol–water partition coefficient (Wildman–Crippen LogP) is 2.61. The average molecular weight is 379 g/mol. The number of nitrogens with zero attached hydrogens (tertiary/aromatic N) is 1. The molecule has 1 atom stereocenters. The van der Waals surface area contributed by atoms with E-state index >= 15 is 0 Å². The molecule has 0 bridgehead atoms. The number of amides is 1. The van der Waals surface area contributed by atoms with E-state index < -0.39 is 0 Å². The number of carbonyl (C=O) groups excluding carboxylic acids is 1. The second-order valence-corrected chi connectivity index (χ2v) is 7.64. The van der Waals surface area contributed by atoms with Gasteiger partial charge >= 0.3 is 0 Å². The number of ether oxygens (including phenoxy) is 1. The van der Waals surface area contributed by atoms with Crippen molar-refractivity contribution in [3.8, 4) is 0 Å². The highest BCUT2D eigenvalue weighted by Gasteiger charge is 2.34. The van der Waals surface area contributed by atoms with Crippen LogP contribution < -0.4 is 10.2 Å². The summed E-state index contributed by atoms with van der Waals surface area (Å²) in [6.07, 6.45) is 0. The van der Waals surface area contributed by atoms with Gasteiger partial charge in [-0.05, 0) is 23.3 Å². The van der Waals surface area contributed by atoms with Crippen molar-refractivity contribution in [1.82, 2.24) is 5.32 Å². The normalized spacial score (nSPS) is 20.3. The molecule has 25 heavy (non-hydrogen) atoms. The molecular weight excluding hydrogens is 360 g/mol. The summed E-state index contributed by atoms with van der Waals surface area (Å²) < 4.78 is 5.43. The Hall–Kier alpha value is -1.60. The molecule has 2 aliphatic heterocycles. The van der Waals surface area contributed by atoms with Gasteiger partial charge in [0.1, 0.15) is 0 Å². The predicted molar refractivity (Wildman–Crippen MR) is 98.9 cm³/mol. The summed E-state index contributed by atoms with van der Waals surface area (Å²) in [7, 11) is 0. The molecule has 2 aromatic rings. The van der Waals surface area contributed by atoms with Gasteiger partial charge in [0.15, 0.2) is 0 Å². The zero-order valence-corrected chi connectivity index (χ0v) is 15.2. The molecule has 4 rings (SSSR count). The quantitative estimate of drug-likeness (QED) is 0.861. The monoisotopic (exact) mass is 378 g/mol. The summed E-state index contributed by atoms with van der Waals surface area (Å²) in [6, 6.07) is 7.70. The number of thiophene rings is 1. The van der Waals surface area contributed by atoms with Crippen molar-refractivity contribution in [2.24, 2.45) is 0 Å². The maximum absolute atomic E-state index is 12.4. The molecule has 1 aromatic carbocycles. The molecule has 1 saturated heterocycles. The van der Waals surface area contributed by atoms with Crippen molar-refractivity contribution in [3.05, 3.63) is 50.9 Å². The Morgan fingerprint density at radius 2 is 2.00 bits per heavy atom. The Morgan fingerprint density at radius 1 is 1.28 bits per heavy atom. The van der Waals surface area contributed by atoms with Crippen LogP contribution in [0.15, 0.2) is 24.3 Å². The number of morpholine rings is 1. The van der Waals surface area contributed by atoms with Gasteiger partial charge < -0.3 is 20.1 Å².